The Hall–Kier alpha value is -1.68. The zero-order valence-corrected chi connectivity index (χ0v) is 14.5. The zero-order valence-electron chi connectivity index (χ0n) is 13.6. The number of esters is 1. The molecule has 0 atom stereocenters. The Morgan fingerprint density at radius 1 is 1.00 bits per heavy atom. The van der Waals surface area contributed by atoms with E-state index in [9.17, 15) is 9.36 Å². The number of hydrogen-bond donors (Lipinski definition) is 0. The maximum absolute atomic E-state index is 12.8. The second kappa shape index (κ2) is 7.73. The van der Waals surface area contributed by atoms with Crippen LogP contribution in [0.5, 0.6) is 0 Å². The van der Waals surface area contributed by atoms with Gasteiger partial charge in [0, 0.05) is 0 Å². The van der Waals surface area contributed by atoms with E-state index in [1.54, 1.807) is 26.0 Å². The molecule has 0 aliphatic carbocycles. The first-order chi connectivity index (χ1) is 11.0. The molecule has 0 heterocycles. The summed E-state index contributed by atoms with van der Waals surface area (Å²) in [5.74, 6) is -0.398. The van der Waals surface area contributed by atoms with Crippen LogP contribution in [0.25, 0.3) is 10.8 Å². The van der Waals surface area contributed by atoms with Crippen molar-refractivity contribution in [2.75, 3.05) is 20.3 Å². The molecule has 0 fully saturated rings. The van der Waals surface area contributed by atoms with E-state index >= 15 is 0 Å². The van der Waals surface area contributed by atoms with Gasteiger partial charge in [0.1, 0.15) is 0 Å². The number of fused-ring (bicyclic) bond motifs is 1. The highest BCUT2D eigenvalue weighted by Crippen LogP contribution is 2.52. The van der Waals surface area contributed by atoms with Crippen molar-refractivity contribution in [2.45, 2.75) is 20.0 Å². The summed E-state index contributed by atoms with van der Waals surface area (Å²) < 4.78 is 28.3. The molecular weight excluding hydrogens is 315 g/mol. The van der Waals surface area contributed by atoms with Crippen molar-refractivity contribution in [1.29, 1.82) is 0 Å². The number of carbonyl (C=O) groups is 1. The fourth-order valence-electron chi connectivity index (χ4n) is 2.52. The van der Waals surface area contributed by atoms with Crippen molar-refractivity contribution in [2.24, 2.45) is 0 Å². The lowest BCUT2D eigenvalue weighted by atomic mass is 10.0. The minimum atomic E-state index is -3.21. The second-order valence-corrected chi connectivity index (χ2v) is 6.97. The van der Waals surface area contributed by atoms with Crippen molar-refractivity contribution >= 4 is 24.3 Å². The summed E-state index contributed by atoms with van der Waals surface area (Å²) in [6.45, 7) is 4.19. The molecule has 0 radical (unpaired) electrons. The van der Waals surface area contributed by atoms with Crippen LogP contribution in [0, 0.1) is 0 Å². The van der Waals surface area contributed by atoms with Gasteiger partial charge in [-0.2, -0.15) is 0 Å². The molecule has 0 saturated heterocycles. The van der Waals surface area contributed by atoms with Crippen LogP contribution in [-0.4, -0.2) is 26.3 Å². The van der Waals surface area contributed by atoms with Crippen LogP contribution in [0.15, 0.2) is 36.4 Å². The molecule has 0 saturated carbocycles. The molecule has 0 aromatic heterocycles. The summed E-state index contributed by atoms with van der Waals surface area (Å²) in [5.41, 5.74) is 1.30. The van der Waals surface area contributed by atoms with Gasteiger partial charge in [0.25, 0.3) is 0 Å². The van der Waals surface area contributed by atoms with Crippen molar-refractivity contribution in [3.05, 3.63) is 47.5 Å². The molecule has 0 amide bonds. The molecule has 2 aromatic rings. The normalized spacial score (nSPS) is 11.6. The minimum absolute atomic E-state index is 0.163. The Morgan fingerprint density at radius 2 is 1.61 bits per heavy atom. The van der Waals surface area contributed by atoms with Crippen LogP contribution in [0.4, 0.5) is 0 Å². The summed E-state index contributed by atoms with van der Waals surface area (Å²) in [6, 6.07) is 10.9. The van der Waals surface area contributed by atoms with Crippen molar-refractivity contribution in [3.63, 3.8) is 0 Å². The van der Waals surface area contributed by atoms with Crippen molar-refractivity contribution in [3.8, 4) is 0 Å². The molecule has 0 N–H and O–H groups in total. The first-order valence-corrected chi connectivity index (χ1v) is 9.24. The topological polar surface area (TPSA) is 61.8 Å². The Bertz CT molecular complexity index is 731. The third-order valence-electron chi connectivity index (χ3n) is 3.44. The van der Waals surface area contributed by atoms with Crippen LogP contribution in [-0.2, 0) is 24.5 Å². The largest absolute Gasteiger partial charge is 0.465 e. The van der Waals surface area contributed by atoms with Gasteiger partial charge in [0.2, 0.25) is 0 Å². The van der Waals surface area contributed by atoms with E-state index in [1.807, 2.05) is 24.3 Å². The quantitative estimate of drug-likeness (QED) is 0.554. The van der Waals surface area contributed by atoms with Gasteiger partial charge >= 0.3 is 13.6 Å². The zero-order chi connectivity index (χ0) is 16.9. The lowest BCUT2D eigenvalue weighted by Crippen LogP contribution is -2.04. The maximum Gasteiger partial charge on any atom is 0.338 e. The third kappa shape index (κ3) is 3.99. The molecule has 124 valence electrons. The molecule has 0 aliphatic heterocycles. The molecule has 0 unspecified atom stereocenters. The second-order valence-electron chi connectivity index (χ2n) is 4.91. The predicted octanol–water partition coefficient (Wildman–Crippen LogP) is 4.39. The van der Waals surface area contributed by atoms with Gasteiger partial charge < -0.3 is 13.8 Å². The number of rotatable bonds is 7. The Labute approximate surface area is 136 Å². The number of ether oxygens (including phenoxy) is 1. The first-order valence-electron chi connectivity index (χ1n) is 7.51. The van der Waals surface area contributed by atoms with Gasteiger partial charge in [-0.3, -0.25) is 4.57 Å². The summed E-state index contributed by atoms with van der Waals surface area (Å²) in [6.07, 6.45) is 0.163. The third-order valence-corrected chi connectivity index (χ3v) is 5.47. The average Bonchev–Trinajstić information content (AvgIpc) is 2.55. The van der Waals surface area contributed by atoms with Crippen molar-refractivity contribution in [1.82, 2.24) is 0 Å². The van der Waals surface area contributed by atoms with Gasteiger partial charge in [-0.25, -0.2) is 4.79 Å². The molecule has 0 aliphatic rings. The highest BCUT2D eigenvalue weighted by molar-refractivity contribution is 7.53. The van der Waals surface area contributed by atoms with Crippen molar-refractivity contribution < 1.29 is 23.1 Å². The number of hydrogen-bond acceptors (Lipinski definition) is 5. The van der Waals surface area contributed by atoms with E-state index in [1.165, 1.54) is 7.11 Å². The van der Waals surface area contributed by atoms with Gasteiger partial charge in [-0.1, -0.05) is 30.3 Å². The Balaban J connectivity index is 2.50. The summed E-state index contributed by atoms with van der Waals surface area (Å²) in [5, 5.41) is 1.60. The standard InChI is InChI=1S/C17H21O5P/c1-4-21-23(19,22-5-2)12-13-10-11-16(17(18)20-3)15-9-7-6-8-14(13)15/h6-11H,4-5,12H2,1-3H3. The molecular formula is C17H21O5P. The van der Waals surface area contributed by atoms with E-state index in [-0.39, 0.29) is 6.16 Å². The van der Waals surface area contributed by atoms with Crippen LogP contribution >= 0.6 is 7.60 Å². The molecule has 23 heavy (non-hydrogen) atoms. The SMILES string of the molecule is CCOP(=O)(Cc1ccc(C(=O)OC)c2ccccc12)OCC. The highest BCUT2D eigenvalue weighted by Gasteiger charge is 2.25. The van der Waals surface area contributed by atoms with Crippen LogP contribution in [0.1, 0.15) is 29.8 Å². The Kier molecular flexibility index (Phi) is 5.94. The summed E-state index contributed by atoms with van der Waals surface area (Å²) >= 11 is 0. The Morgan fingerprint density at radius 3 is 2.17 bits per heavy atom. The van der Waals surface area contributed by atoms with Crippen LogP contribution in [0.2, 0.25) is 0 Å². The molecule has 0 bridgehead atoms. The molecule has 6 heteroatoms. The van der Waals surface area contributed by atoms with E-state index in [4.69, 9.17) is 13.8 Å². The molecule has 0 spiro atoms. The van der Waals surface area contributed by atoms with Gasteiger partial charge in [0.15, 0.2) is 0 Å². The number of carbonyl (C=O) groups excluding carboxylic acids is 1. The van der Waals surface area contributed by atoms with Crippen LogP contribution < -0.4 is 0 Å². The van der Waals surface area contributed by atoms with E-state index < -0.39 is 13.6 Å². The van der Waals surface area contributed by atoms with Gasteiger partial charge in [-0.05, 0) is 36.2 Å². The van der Waals surface area contributed by atoms with E-state index in [2.05, 4.69) is 0 Å². The number of benzene rings is 2. The fourth-order valence-corrected chi connectivity index (χ4v) is 4.25. The molecule has 2 aromatic carbocycles. The monoisotopic (exact) mass is 336 g/mol. The van der Waals surface area contributed by atoms with E-state index in [0.717, 1.165) is 16.3 Å². The average molecular weight is 336 g/mol. The maximum atomic E-state index is 12.8. The van der Waals surface area contributed by atoms with Gasteiger partial charge in [0.05, 0.1) is 32.0 Å². The molecule has 5 nitrogen and oxygen atoms in total. The van der Waals surface area contributed by atoms with Gasteiger partial charge in [-0.15, -0.1) is 0 Å². The number of methoxy groups -OCH3 is 1. The summed E-state index contributed by atoms with van der Waals surface area (Å²) in [4.78, 5) is 11.9. The highest BCUT2D eigenvalue weighted by atomic mass is 31.2. The smallest absolute Gasteiger partial charge is 0.338 e. The lowest BCUT2D eigenvalue weighted by Gasteiger charge is -2.18. The molecule has 2 rings (SSSR count). The van der Waals surface area contributed by atoms with Crippen LogP contribution in [0.3, 0.4) is 0 Å². The minimum Gasteiger partial charge on any atom is -0.465 e. The lowest BCUT2D eigenvalue weighted by molar-refractivity contribution is 0.0603. The first kappa shape index (κ1) is 17.7. The summed E-state index contributed by atoms with van der Waals surface area (Å²) in [7, 11) is -1.86. The predicted molar refractivity (Wildman–Crippen MR) is 89.9 cm³/mol. The fraction of sp³-hybridized carbons (Fsp3) is 0.353. The van der Waals surface area contributed by atoms with E-state index in [0.29, 0.717) is 18.8 Å².